The predicted octanol–water partition coefficient (Wildman–Crippen LogP) is 7.07. The molecule has 0 unspecified atom stereocenters. The first-order valence-electron chi connectivity index (χ1n) is 8.95. The van der Waals surface area contributed by atoms with E-state index in [-0.39, 0.29) is 21.0 Å². The highest BCUT2D eigenvalue weighted by Gasteiger charge is 2.38. The molecule has 2 nitrogen and oxygen atoms in total. The van der Waals surface area contributed by atoms with Crippen molar-refractivity contribution in [2.24, 2.45) is 0 Å². The van der Waals surface area contributed by atoms with E-state index in [1.807, 2.05) is 23.9 Å². The molecule has 2 aromatic rings. The third kappa shape index (κ3) is 4.63. The van der Waals surface area contributed by atoms with Gasteiger partial charge in [-0.25, -0.2) is 0 Å². The number of fused-ring (bicyclic) bond motifs is 1. The summed E-state index contributed by atoms with van der Waals surface area (Å²) in [5, 5.41) is 5.82. The van der Waals surface area contributed by atoms with Crippen LogP contribution in [0.3, 0.4) is 0 Å². The average molecular weight is 425 g/mol. The Kier molecular flexibility index (Phi) is 5.44. The lowest BCUT2D eigenvalue weighted by Crippen LogP contribution is -2.33. The van der Waals surface area contributed by atoms with Crippen molar-refractivity contribution in [1.29, 1.82) is 0 Å². The van der Waals surface area contributed by atoms with E-state index in [2.05, 4.69) is 44.4 Å². The highest BCUT2D eigenvalue weighted by atomic mass is 32.2. The molecule has 0 aliphatic carbocycles. The van der Waals surface area contributed by atoms with Gasteiger partial charge in [-0.1, -0.05) is 39.8 Å². The molecule has 0 saturated carbocycles. The Hall–Kier alpha value is -1.73. The van der Waals surface area contributed by atoms with Crippen molar-refractivity contribution in [3.05, 3.63) is 53.6 Å². The number of thioether (sulfide) groups is 1. The molecule has 0 spiro atoms. The summed E-state index contributed by atoms with van der Waals surface area (Å²) >= 11 is 7.10. The van der Waals surface area contributed by atoms with Crippen molar-refractivity contribution >= 4 is 40.5 Å². The first-order valence-corrected chi connectivity index (χ1v) is 10.2. The normalized spacial score (nSPS) is 17.5. The van der Waals surface area contributed by atoms with Crippen LogP contribution in [0, 0.1) is 0 Å². The van der Waals surface area contributed by atoms with E-state index in [0.717, 1.165) is 18.2 Å². The summed E-state index contributed by atoms with van der Waals surface area (Å²) in [6, 6.07) is 11.3. The van der Waals surface area contributed by atoms with E-state index in [4.69, 9.17) is 12.2 Å². The molecule has 0 aromatic heterocycles. The van der Waals surface area contributed by atoms with E-state index in [9.17, 15) is 13.2 Å². The Morgan fingerprint density at radius 1 is 1.04 bits per heavy atom. The van der Waals surface area contributed by atoms with Crippen molar-refractivity contribution in [1.82, 2.24) is 0 Å². The van der Waals surface area contributed by atoms with Gasteiger partial charge in [0.05, 0.1) is 11.3 Å². The highest BCUT2D eigenvalue weighted by molar-refractivity contribution is 8.00. The lowest BCUT2D eigenvalue weighted by atomic mass is 9.77. The van der Waals surface area contributed by atoms with Crippen LogP contribution in [0.5, 0.6) is 0 Å². The molecule has 0 fully saturated rings. The van der Waals surface area contributed by atoms with E-state index in [0.29, 0.717) is 0 Å². The van der Waals surface area contributed by atoms with Crippen LogP contribution in [0.4, 0.5) is 24.5 Å². The van der Waals surface area contributed by atoms with Crippen LogP contribution in [-0.4, -0.2) is 9.86 Å². The van der Waals surface area contributed by atoms with Gasteiger partial charge in [0.2, 0.25) is 0 Å². The van der Waals surface area contributed by atoms with Crippen LogP contribution in [-0.2, 0) is 11.6 Å². The summed E-state index contributed by atoms with van der Waals surface area (Å²) < 4.78 is 39.6. The fourth-order valence-corrected chi connectivity index (χ4v) is 5.68. The fraction of sp³-hybridized carbons (Fsp3) is 0.381. The SMILES string of the molecule is CC1(C)CC(C)(C)c2cc(NC(=S)Nc3ccccc3C(F)(F)F)ccc2S1. The lowest BCUT2D eigenvalue weighted by molar-refractivity contribution is -0.136. The molecule has 28 heavy (non-hydrogen) atoms. The number of para-hydroxylation sites is 1. The summed E-state index contributed by atoms with van der Waals surface area (Å²) in [6.45, 7) is 8.91. The van der Waals surface area contributed by atoms with Crippen LogP contribution in [0.1, 0.15) is 45.2 Å². The monoisotopic (exact) mass is 424 g/mol. The average Bonchev–Trinajstić information content (AvgIpc) is 2.53. The number of hydrogen-bond acceptors (Lipinski definition) is 2. The third-order valence-electron chi connectivity index (χ3n) is 4.70. The summed E-state index contributed by atoms with van der Waals surface area (Å²) in [5.74, 6) is 0. The minimum absolute atomic E-state index is 0.000293. The Morgan fingerprint density at radius 3 is 2.39 bits per heavy atom. The smallest absolute Gasteiger partial charge is 0.332 e. The second kappa shape index (κ2) is 7.26. The van der Waals surface area contributed by atoms with Crippen molar-refractivity contribution < 1.29 is 13.2 Å². The Bertz CT molecular complexity index is 905. The van der Waals surface area contributed by atoms with Gasteiger partial charge in [0.15, 0.2) is 5.11 Å². The van der Waals surface area contributed by atoms with Gasteiger partial charge in [-0.05, 0) is 59.9 Å². The summed E-state index contributed by atoms with van der Waals surface area (Å²) in [7, 11) is 0. The second-order valence-electron chi connectivity index (χ2n) is 8.26. The van der Waals surface area contributed by atoms with Crippen LogP contribution in [0.15, 0.2) is 47.4 Å². The number of alkyl halides is 3. The van der Waals surface area contributed by atoms with E-state index in [1.165, 1.54) is 22.6 Å². The number of benzene rings is 2. The lowest BCUT2D eigenvalue weighted by Gasteiger charge is -2.41. The fourth-order valence-electron chi connectivity index (χ4n) is 3.84. The van der Waals surface area contributed by atoms with Crippen molar-refractivity contribution in [3.8, 4) is 0 Å². The van der Waals surface area contributed by atoms with E-state index in [1.54, 1.807) is 6.07 Å². The first-order chi connectivity index (χ1) is 12.9. The number of rotatable bonds is 2. The zero-order valence-corrected chi connectivity index (χ0v) is 17.8. The molecule has 7 heteroatoms. The largest absolute Gasteiger partial charge is 0.418 e. The Balaban J connectivity index is 1.80. The van der Waals surface area contributed by atoms with Crippen LogP contribution in [0.25, 0.3) is 0 Å². The minimum Gasteiger partial charge on any atom is -0.332 e. The molecular formula is C21H23F3N2S2. The van der Waals surface area contributed by atoms with Gasteiger partial charge in [-0.3, -0.25) is 0 Å². The van der Waals surface area contributed by atoms with E-state index >= 15 is 0 Å². The van der Waals surface area contributed by atoms with Gasteiger partial charge >= 0.3 is 6.18 Å². The van der Waals surface area contributed by atoms with Gasteiger partial charge in [-0.15, -0.1) is 11.8 Å². The minimum atomic E-state index is -4.45. The molecule has 1 heterocycles. The predicted molar refractivity (Wildman–Crippen MR) is 115 cm³/mol. The molecule has 1 aliphatic rings. The molecule has 0 amide bonds. The van der Waals surface area contributed by atoms with Gasteiger partial charge in [0.1, 0.15) is 0 Å². The molecule has 0 saturated heterocycles. The van der Waals surface area contributed by atoms with Gasteiger partial charge in [0.25, 0.3) is 0 Å². The number of thiocarbonyl (C=S) groups is 1. The van der Waals surface area contributed by atoms with Crippen molar-refractivity contribution in [2.75, 3.05) is 10.6 Å². The summed E-state index contributed by atoms with van der Waals surface area (Å²) in [6.07, 6.45) is -3.41. The molecule has 2 aromatic carbocycles. The van der Waals surface area contributed by atoms with Crippen LogP contribution >= 0.6 is 24.0 Å². The van der Waals surface area contributed by atoms with Gasteiger partial charge in [-0.2, -0.15) is 13.2 Å². The highest BCUT2D eigenvalue weighted by Crippen LogP contribution is 2.51. The molecule has 150 valence electrons. The molecule has 0 radical (unpaired) electrons. The first kappa shape index (κ1) is 21.0. The molecule has 0 atom stereocenters. The van der Waals surface area contributed by atoms with Crippen molar-refractivity contribution in [2.45, 2.75) is 55.3 Å². The summed E-state index contributed by atoms with van der Waals surface area (Å²) in [4.78, 5) is 1.23. The number of anilines is 2. The van der Waals surface area contributed by atoms with Crippen LogP contribution < -0.4 is 10.6 Å². The molecule has 0 bridgehead atoms. The topological polar surface area (TPSA) is 24.1 Å². The maximum absolute atomic E-state index is 13.2. The number of hydrogen-bond donors (Lipinski definition) is 2. The number of nitrogens with one attached hydrogen (secondary N) is 2. The standard InChI is InChI=1S/C21H23F3N2S2/c1-19(2)12-20(3,4)28-17-10-9-13(11-15(17)19)25-18(27)26-16-8-6-5-7-14(16)21(22,23)24/h5-11H,12H2,1-4H3,(H2,25,26,27). The summed E-state index contributed by atoms with van der Waals surface area (Å²) in [5.41, 5.74) is 1.17. The van der Waals surface area contributed by atoms with E-state index < -0.39 is 11.7 Å². The zero-order chi connectivity index (χ0) is 20.7. The second-order valence-corrected chi connectivity index (χ2v) is 10.4. The van der Waals surface area contributed by atoms with Gasteiger partial charge < -0.3 is 10.6 Å². The molecular weight excluding hydrogens is 401 g/mol. The van der Waals surface area contributed by atoms with Crippen LogP contribution in [0.2, 0.25) is 0 Å². The molecule has 2 N–H and O–H groups in total. The Morgan fingerprint density at radius 2 is 1.71 bits per heavy atom. The van der Waals surface area contributed by atoms with Gasteiger partial charge in [0, 0.05) is 15.3 Å². The quantitative estimate of drug-likeness (QED) is 0.504. The third-order valence-corrected chi connectivity index (χ3v) is 6.18. The maximum Gasteiger partial charge on any atom is 0.418 e. The zero-order valence-electron chi connectivity index (χ0n) is 16.2. The Labute approximate surface area is 173 Å². The van der Waals surface area contributed by atoms with Crippen molar-refractivity contribution in [3.63, 3.8) is 0 Å². The number of halogens is 3. The molecule has 1 aliphatic heterocycles. The molecule has 3 rings (SSSR count). The maximum atomic E-state index is 13.2.